The first-order valence-electron chi connectivity index (χ1n) is 5.67. The highest BCUT2D eigenvalue weighted by molar-refractivity contribution is 9.10. The zero-order chi connectivity index (χ0) is 14.9. The highest BCUT2D eigenvalue weighted by Crippen LogP contribution is 2.33. The van der Waals surface area contributed by atoms with Gasteiger partial charge >= 0.3 is 0 Å². The number of rotatable bonds is 3. The van der Waals surface area contributed by atoms with Crippen LogP contribution in [0.15, 0.2) is 34.8 Å². The van der Waals surface area contributed by atoms with Gasteiger partial charge in [-0.2, -0.15) is 0 Å². The van der Waals surface area contributed by atoms with E-state index < -0.39 is 17.7 Å². The number of halogens is 4. The van der Waals surface area contributed by atoms with Crippen molar-refractivity contribution in [2.24, 2.45) is 5.73 Å². The molecule has 0 spiro atoms. The lowest BCUT2D eigenvalue weighted by molar-refractivity contribution is 0.414. The zero-order valence-corrected chi connectivity index (χ0v) is 12.8. The molecule has 0 saturated heterocycles. The van der Waals surface area contributed by atoms with Gasteiger partial charge < -0.3 is 10.5 Å². The van der Waals surface area contributed by atoms with Gasteiger partial charge in [-0.1, -0.05) is 33.6 Å². The number of ether oxygens (including phenoxy) is 1. The van der Waals surface area contributed by atoms with E-state index in [1.807, 2.05) is 0 Å². The van der Waals surface area contributed by atoms with Crippen LogP contribution in [0.4, 0.5) is 8.78 Å². The average molecular weight is 363 g/mol. The second-order valence-corrected chi connectivity index (χ2v) is 5.47. The third-order valence-electron chi connectivity index (χ3n) is 2.90. The molecule has 1 atom stereocenters. The summed E-state index contributed by atoms with van der Waals surface area (Å²) in [6.45, 7) is 0. The van der Waals surface area contributed by atoms with Crippen molar-refractivity contribution in [1.82, 2.24) is 0 Å². The van der Waals surface area contributed by atoms with Crippen LogP contribution < -0.4 is 10.5 Å². The number of methoxy groups -OCH3 is 1. The van der Waals surface area contributed by atoms with Gasteiger partial charge in [0.2, 0.25) is 0 Å². The molecular weight excluding hydrogens is 352 g/mol. The van der Waals surface area contributed by atoms with E-state index in [1.165, 1.54) is 7.11 Å². The Kier molecular flexibility index (Phi) is 4.62. The summed E-state index contributed by atoms with van der Waals surface area (Å²) < 4.78 is 33.1. The van der Waals surface area contributed by atoms with Gasteiger partial charge in [0.05, 0.1) is 13.2 Å². The number of hydrogen-bond acceptors (Lipinski definition) is 2. The summed E-state index contributed by atoms with van der Waals surface area (Å²) in [5.74, 6) is -0.907. The van der Waals surface area contributed by atoms with Crippen molar-refractivity contribution in [3.05, 3.63) is 62.6 Å². The van der Waals surface area contributed by atoms with Gasteiger partial charge in [0.25, 0.3) is 0 Å². The normalized spacial score (nSPS) is 12.3. The highest BCUT2D eigenvalue weighted by atomic mass is 79.9. The van der Waals surface area contributed by atoms with E-state index in [-0.39, 0.29) is 5.56 Å². The molecule has 106 valence electrons. The molecular formula is C14H11BrClF2NO. The minimum atomic E-state index is -0.999. The summed E-state index contributed by atoms with van der Waals surface area (Å²) in [6, 6.07) is 6.10. The maximum atomic E-state index is 13.9. The van der Waals surface area contributed by atoms with Gasteiger partial charge in [0, 0.05) is 15.1 Å². The summed E-state index contributed by atoms with van der Waals surface area (Å²) in [6.07, 6.45) is 0. The zero-order valence-electron chi connectivity index (χ0n) is 10.5. The molecule has 1 unspecified atom stereocenters. The van der Waals surface area contributed by atoms with E-state index in [9.17, 15) is 8.78 Å². The van der Waals surface area contributed by atoms with Crippen LogP contribution in [0.2, 0.25) is 5.02 Å². The molecule has 0 fully saturated rings. The van der Waals surface area contributed by atoms with Crippen LogP contribution in [0.5, 0.6) is 5.75 Å². The Morgan fingerprint density at radius 3 is 2.30 bits per heavy atom. The predicted molar refractivity (Wildman–Crippen MR) is 78.1 cm³/mol. The molecule has 0 aliphatic rings. The monoisotopic (exact) mass is 361 g/mol. The van der Waals surface area contributed by atoms with E-state index in [1.54, 1.807) is 18.2 Å². The van der Waals surface area contributed by atoms with E-state index in [4.69, 9.17) is 22.1 Å². The summed E-state index contributed by atoms with van der Waals surface area (Å²) in [4.78, 5) is 0. The lowest BCUT2D eigenvalue weighted by Gasteiger charge is -2.16. The molecule has 0 aliphatic heterocycles. The van der Waals surface area contributed by atoms with E-state index in [0.717, 1.165) is 12.1 Å². The van der Waals surface area contributed by atoms with Crippen molar-refractivity contribution in [3.8, 4) is 5.75 Å². The Balaban J connectivity index is 2.49. The van der Waals surface area contributed by atoms with E-state index in [2.05, 4.69) is 15.9 Å². The quantitative estimate of drug-likeness (QED) is 0.876. The van der Waals surface area contributed by atoms with Gasteiger partial charge in [-0.05, 0) is 29.8 Å². The van der Waals surface area contributed by atoms with Crippen molar-refractivity contribution in [3.63, 3.8) is 0 Å². The maximum absolute atomic E-state index is 13.9. The minimum Gasteiger partial charge on any atom is -0.497 e. The highest BCUT2D eigenvalue weighted by Gasteiger charge is 2.21. The van der Waals surface area contributed by atoms with Gasteiger partial charge in [0.15, 0.2) is 0 Å². The SMILES string of the molecule is COc1ccc(C(N)c2c(F)cc(Br)cc2F)c(Cl)c1. The summed E-state index contributed by atoms with van der Waals surface area (Å²) >= 11 is 9.10. The van der Waals surface area contributed by atoms with Crippen molar-refractivity contribution < 1.29 is 13.5 Å². The largest absolute Gasteiger partial charge is 0.497 e. The Morgan fingerprint density at radius 2 is 1.80 bits per heavy atom. The fraction of sp³-hybridized carbons (Fsp3) is 0.143. The molecule has 20 heavy (non-hydrogen) atoms. The first-order chi connectivity index (χ1) is 9.43. The van der Waals surface area contributed by atoms with Crippen LogP contribution in [-0.4, -0.2) is 7.11 Å². The average Bonchev–Trinajstić information content (AvgIpc) is 2.37. The van der Waals surface area contributed by atoms with Crippen LogP contribution in [0.3, 0.4) is 0 Å². The molecule has 0 bridgehead atoms. The minimum absolute atomic E-state index is 0.222. The second-order valence-electron chi connectivity index (χ2n) is 4.15. The Morgan fingerprint density at radius 1 is 1.20 bits per heavy atom. The van der Waals surface area contributed by atoms with Crippen molar-refractivity contribution in [2.75, 3.05) is 7.11 Å². The third kappa shape index (κ3) is 2.95. The van der Waals surface area contributed by atoms with E-state index in [0.29, 0.717) is 20.8 Å². The summed E-state index contributed by atoms with van der Waals surface area (Å²) in [7, 11) is 1.50. The standard InChI is InChI=1S/C14H11BrClF2NO/c1-20-8-2-3-9(10(16)6-8)14(19)13-11(17)4-7(15)5-12(13)18/h2-6,14H,19H2,1H3. The Bertz CT molecular complexity index is 628. The maximum Gasteiger partial charge on any atom is 0.132 e. The smallest absolute Gasteiger partial charge is 0.132 e. The first-order valence-corrected chi connectivity index (χ1v) is 6.84. The van der Waals surface area contributed by atoms with Crippen LogP contribution in [0, 0.1) is 11.6 Å². The van der Waals surface area contributed by atoms with Crippen molar-refractivity contribution in [2.45, 2.75) is 6.04 Å². The molecule has 0 heterocycles. The van der Waals surface area contributed by atoms with E-state index >= 15 is 0 Å². The lowest BCUT2D eigenvalue weighted by Crippen LogP contribution is -2.16. The Labute approximate surface area is 128 Å². The second kappa shape index (κ2) is 6.08. The van der Waals surface area contributed by atoms with Crippen molar-refractivity contribution >= 4 is 27.5 Å². The molecule has 0 aromatic heterocycles. The summed E-state index contributed by atoms with van der Waals surface area (Å²) in [5, 5.41) is 0.290. The molecule has 2 aromatic carbocycles. The van der Waals surface area contributed by atoms with Gasteiger partial charge in [-0.25, -0.2) is 8.78 Å². The summed E-state index contributed by atoms with van der Waals surface area (Å²) in [5.41, 5.74) is 6.14. The fourth-order valence-corrected chi connectivity index (χ4v) is 2.58. The van der Waals surface area contributed by atoms with Crippen LogP contribution in [-0.2, 0) is 0 Å². The molecule has 0 amide bonds. The van der Waals surface area contributed by atoms with Crippen molar-refractivity contribution in [1.29, 1.82) is 0 Å². The molecule has 2 nitrogen and oxygen atoms in total. The molecule has 6 heteroatoms. The topological polar surface area (TPSA) is 35.2 Å². The molecule has 0 aliphatic carbocycles. The first kappa shape index (κ1) is 15.2. The molecule has 2 rings (SSSR count). The number of benzene rings is 2. The number of hydrogen-bond donors (Lipinski definition) is 1. The molecule has 0 radical (unpaired) electrons. The predicted octanol–water partition coefficient (Wildman–Crippen LogP) is 4.44. The van der Waals surface area contributed by atoms with Gasteiger partial charge in [0.1, 0.15) is 17.4 Å². The number of nitrogens with two attached hydrogens (primary N) is 1. The van der Waals surface area contributed by atoms with Gasteiger partial charge in [-0.15, -0.1) is 0 Å². The van der Waals surface area contributed by atoms with Gasteiger partial charge in [-0.3, -0.25) is 0 Å². The third-order valence-corrected chi connectivity index (χ3v) is 3.68. The lowest BCUT2D eigenvalue weighted by atomic mass is 9.98. The van der Waals surface area contributed by atoms with Crippen LogP contribution in [0.1, 0.15) is 17.2 Å². The Hall–Kier alpha value is -1.17. The molecule has 2 N–H and O–H groups in total. The van der Waals surface area contributed by atoms with Crippen LogP contribution in [0.25, 0.3) is 0 Å². The van der Waals surface area contributed by atoms with Crippen LogP contribution >= 0.6 is 27.5 Å². The molecule has 0 saturated carbocycles. The molecule has 2 aromatic rings. The fourth-order valence-electron chi connectivity index (χ4n) is 1.89.